The van der Waals surface area contributed by atoms with Gasteiger partial charge in [0.25, 0.3) is 0 Å². The number of rotatable bonds is 7. The third-order valence-electron chi connectivity index (χ3n) is 2.89. The Hall–Kier alpha value is -1.78. The lowest BCUT2D eigenvalue weighted by molar-refractivity contribution is -0.110. The van der Waals surface area contributed by atoms with Crippen molar-refractivity contribution in [3.63, 3.8) is 0 Å². The Balaban J connectivity index is 2.76. The minimum Gasteiger partial charge on any atom is -0.368 e. The number of carbonyl (C=O) groups excluding carboxylic acids is 1. The lowest BCUT2D eigenvalue weighted by atomic mass is 10.1. The maximum absolute atomic E-state index is 10.4. The molecule has 0 saturated carbocycles. The first-order chi connectivity index (χ1) is 9.60. The van der Waals surface area contributed by atoms with E-state index in [1.807, 2.05) is 19.1 Å². The van der Waals surface area contributed by atoms with Gasteiger partial charge in [-0.3, -0.25) is 4.79 Å². The number of hydrogen-bond donors (Lipinski definition) is 2. The molecule has 5 nitrogen and oxygen atoms in total. The fourth-order valence-electron chi connectivity index (χ4n) is 1.98. The van der Waals surface area contributed by atoms with Crippen molar-refractivity contribution in [1.29, 1.82) is 0 Å². The van der Waals surface area contributed by atoms with E-state index in [0.717, 1.165) is 37.6 Å². The Labute approximate surface area is 121 Å². The Morgan fingerprint density at radius 3 is 2.65 bits per heavy atom. The molecule has 0 atom stereocenters. The van der Waals surface area contributed by atoms with Gasteiger partial charge in [0.2, 0.25) is 6.41 Å². The highest BCUT2D eigenvalue weighted by Crippen LogP contribution is 2.11. The van der Waals surface area contributed by atoms with Gasteiger partial charge in [0, 0.05) is 19.1 Å². The van der Waals surface area contributed by atoms with Crippen LogP contribution in [0, 0.1) is 0 Å². The number of hydrogen-bond acceptors (Lipinski definition) is 3. The molecule has 1 rings (SSSR count). The molecule has 20 heavy (non-hydrogen) atoms. The van der Waals surface area contributed by atoms with E-state index >= 15 is 0 Å². The molecule has 2 N–H and O–H groups in total. The van der Waals surface area contributed by atoms with Crippen molar-refractivity contribution in [3.05, 3.63) is 24.0 Å². The SMILES string of the molecule is C\C=C/C(=N\C(=C\CC)NC(C)C)N1CC(NC=O)C1. The second-order valence-electron chi connectivity index (χ2n) is 5.15. The largest absolute Gasteiger partial charge is 0.368 e. The van der Waals surface area contributed by atoms with E-state index in [1.165, 1.54) is 0 Å². The van der Waals surface area contributed by atoms with E-state index in [0.29, 0.717) is 6.04 Å². The number of amidine groups is 1. The Morgan fingerprint density at radius 2 is 2.15 bits per heavy atom. The van der Waals surface area contributed by atoms with Crippen LogP contribution in [0.5, 0.6) is 0 Å². The highest BCUT2D eigenvalue weighted by atomic mass is 16.1. The van der Waals surface area contributed by atoms with Gasteiger partial charge >= 0.3 is 0 Å². The van der Waals surface area contributed by atoms with Gasteiger partial charge in [0.1, 0.15) is 11.7 Å². The van der Waals surface area contributed by atoms with Crippen molar-refractivity contribution in [2.24, 2.45) is 4.99 Å². The summed E-state index contributed by atoms with van der Waals surface area (Å²) in [4.78, 5) is 17.3. The van der Waals surface area contributed by atoms with Gasteiger partial charge in [-0.1, -0.05) is 13.0 Å². The summed E-state index contributed by atoms with van der Waals surface area (Å²) >= 11 is 0. The molecule has 1 aliphatic heterocycles. The minimum absolute atomic E-state index is 0.236. The standard InChI is InChI=1S/C15H26N4O/c1-5-7-14(17-12(3)4)18-15(8-6-2)19-9-13(10-19)16-11-20/h6-8,11-13,17H,5,9-10H2,1-4H3,(H,16,20)/b8-6-,14-7+,18-15+. The number of nitrogens with zero attached hydrogens (tertiary/aromatic N) is 2. The van der Waals surface area contributed by atoms with Crippen LogP contribution >= 0.6 is 0 Å². The van der Waals surface area contributed by atoms with Crippen molar-refractivity contribution >= 4 is 12.2 Å². The van der Waals surface area contributed by atoms with Gasteiger partial charge in [0.05, 0.1) is 6.04 Å². The third-order valence-corrected chi connectivity index (χ3v) is 2.89. The smallest absolute Gasteiger partial charge is 0.207 e. The van der Waals surface area contributed by atoms with Gasteiger partial charge in [-0.15, -0.1) is 0 Å². The lowest BCUT2D eigenvalue weighted by Crippen LogP contribution is -2.59. The molecule has 0 aromatic rings. The van der Waals surface area contributed by atoms with Gasteiger partial charge < -0.3 is 15.5 Å². The van der Waals surface area contributed by atoms with E-state index in [4.69, 9.17) is 4.99 Å². The van der Waals surface area contributed by atoms with Crippen molar-refractivity contribution in [2.45, 2.75) is 46.2 Å². The summed E-state index contributed by atoms with van der Waals surface area (Å²) in [6, 6.07) is 0.587. The molecule has 0 aliphatic carbocycles. The van der Waals surface area contributed by atoms with Crippen LogP contribution in [0.1, 0.15) is 34.1 Å². The molecule has 0 aromatic heterocycles. The van der Waals surface area contributed by atoms with Gasteiger partial charge in [-0.05, 0) is 39.3 Å². The average molecular weight is 278 g/mol. The number of nitrogens with one attached hydrogen (secondary N) is 2. The Morgan fingerprint density at radius 1 is 1.45 bits per heavy atom. The third kappa shape index (κ3) is 5.07. The summed E-state index contributed by atoms with van der Waals surface area (Å²) in [5.74, 6) is 1.84. The maximum Gasteiger partial charge on any atom is 0.207 e. The van der Waals surface area contributed by atoms with Crippen molar-refractivity contribution in [1.82, 2.24) is 15.5 Å². The van der Waals surface area contributed by atoms with Gasteiger partial charge in [0.15, 0.2) is 0 Å². The molecule has 0 radical (unpaired) electrons. The van der Waals surface area contributed by atoms with Crippen LogP contribution in [0.25, 0.3) is 0 Å². The van der Waals surface area contributed by atoms with Crippen molar-refractivity contribution in [2.75, 3.05) is 13.1 Å². The number of aliphatic imine (C=N–C) groups is 1. The fraction of sp³-hybridized carbons (Fsp3) is 0.600. The summed E-state index contributed by atoms with van der Waals surface area (Å²) in [7, 11) is 0. The number of likely N-dealkylation sites (tertiary alicyclic amines) is 1. The van der Waals surface area contributed by atoms with E-state index in [9.17, 15) is 4.79 Å². The van der Waals surface area contributed by atoms with Crippen LogP contribution in [-0.2, 0) is 4.79 Å². The first-order valence-corrected chi connectivity index (χ1v) is 7.23. The molecular weight excluding hydrogens is 252 g/mol. The molecule has 5 heteroatoms. The highest BCUT2D eigenvalue weighted by molar-refractivity contribution is 5.94. The zero-order chi connectivity index (χ0) is 15.0. The van der Waals surface area contributed by atoms with Crippen LogP contribution in [0.15, 0.2) is 29.0 Å². The van der Waals surface area contributed by atoms with Gasteiger partial charge in [-0.25, -0.2) is 4.99 Å². The second kappa shape index (κ2) is 8.40. The molecule has 0 spiro atoms. The molecular formula is C15H26N4O. The van der Waals surface area contributed by atoms with Gasteiger partial charge in [-0.2, -0.15) is 0 Å². The summed E-state index contributed by atoms with van der Waals surface area (Å²) in [6.07, 6.45) is 7.78. The molecule has 1 fully saturated rings. The zero-order valence-electron chi connectivity index (χ0n) is 12.9. The second-order valence-corrected chi connectivity index (χ2v) is 5.15. The molecule has 1 amide bonds. The molecule has 1 saturated heterocycles. The number of amides is 1. The predicted octanol–water partition coefficient (Wildman–Crippen LogP) is 1.64. The van der Waals surface area contributed by atoms with Crippen LogP contribution in [-0.4, -0.2) is 42.3 Å². The van der Waals surface area contributed by atoms with E-state index in [1.54, 1.807) is 0 Å². The van der Waals surface area contributed by atoms with Crippen molar-refractivity contribution in [3.8, 4) is 0 Å². The monoisotopic (exact) mass is 278 g/mol. The fourth-order valence-corrected chi connectivity index (χ4v) is 1.98. The van der Waals surface area contributed by atoms with E-state index in [2.05, 4.69) is 42.4 Å². The minimum atomic E-state index is 0.236. The van der Waals surface area contributed by atoms with Crippen LogP contribution in [0.2, 0.25) is 0 Å². The molecule has 1 heterocycles. The molecule has 0 aromatic carbocycles. The maximum atomic E-state index is 10.4. The normalized spacial score (nSPS) is 17.6. The zero-order valence-corrected chi connectivity index (χ0v) is 12.9. The molecule has 0 bridgehead atoms. The van der Waals surface area contributed by atoms with Crippen LogP contribution < -0.4 is 10.6 Å². The number of carbonyl (C=O) groups is 1. The lowest BCUT2D eigenvalue weighted by Gasteiger charge is -2.40. The van der Waals surface area contributed by atoms with E-state index in [-0.39, 0.29) is 6.04 Å². The summed E-state index contributed by atoms with van der Waals surface area (Å²) in [5.41, 5.74) is 0. The quantitative estimate of drug-likeness (QED) is 0.423. The molecule has 0 unspecified atom stereocenters. The predicted molar refractivity (Wildman–Crippen MR) is 83.5 cm³/mol. The van der Waals surface area contributed by atoms with Crippen molar-refractivity contribution < 1.29 is 4.79 Å². The van der Waals surface area contributed by atoms with Crippen LogP contribution in [0.4, 0.5) is 0 Å². The highest BCUT2D eigenvalue weighted by Gasteiger charge is 2.27. The number of allylic oxidation sites excluding steroid dienone is 2. The topological polar surface area (TPSA) is 56.7 Å². The summed E-state index contributed by atoms with van der Waals surface area (Å²) < 4.78 is 0. The van der Waals surface area contributed by atoms with E-state index < -0.39 is 0 Å². The first kappa shape index (κ1) is 16.3. The molecule has 1 aliphatic rings. The average Bonchev–Trinajstić information content (AvgIpc) is 2.32. The summed E-state index contributed by atoms with van der Waals surface area (Å²) in [5, 5.41) is 6.14. The Bertz CT molecular complexity index is 393. The Kier molecular flexibility index (Phi) is 6.84. The first-order valence-electron chi connectivity index (χ1n) is 7.23. The van der Waals surface area contributed by atoms with Crippen LogP contribution in [0.3, 0.4) is 0 Å². The molecule has 112 valence electrons. The summed E-state index contributed by atoms with van der Waals surface area (Å²) in [6.45, 7) is 9.89.